The van der Waals surface area contributed by atoms with Crippen molar-refractivity contribution in [3.8, 4) is 6.07 Å². The molecule has 4 amide bonds. The van der Waals surface area contributed by atoms with Crippen LogP contribution in [0.3, 0.4) is 0 Å². The van der Waals surface area contributed by atoms with Gasteiger partial charge in [0.05, 0.1) is 19.1 Å². The molecule has 6 atom stereocenters. The second-order valence-corrected chi connectivity index (χ2v) is 11.9. The second-order valence-electron chi connectivity index (χ2n) is 11.9. The van der Waals surface area contributed by atoms with Crippen molar-refractivity contribution < 1.29 is 23.9 Å². The molecule has 198 valence electrons. The quantitative estimate of drug-likeness (QED) is 0.538. The Balaban J connectivity index is 1.53. The SMILES string of the molecule is COC(=O)N[C@H](C(=O)N1CC2[C@H](C1C(=O)N[C@H](C#N)CC1C(=O)Nc3ccccc31)C2(C)C)C(C)(C)C. The van der Waals surface area contributed by atoms with Gasteiger partial charge in [-0.05, 0) is 40.7 Å². The van der Waals surface area contributed by atoms with E-state index in [0.717, 1.165) is 5.56 Å². The number of para-hydroxylation sites is 1. The summed E-state index contributed by atoms with van der Waals surface area (Å²) < 4.78 is 4.72. The molecule has 2 heterocycles. The van der Waals surface area contributed by atoms with Crippen LogP contribution in [0.15, 0.2) is 24.3 Å². The number of nitrogens with one attached hydrogen (secondary N) is 3. The molecular formula is C27H35N5O5. The van der Waals surface area contributed by atoms with E-state index in [1.807, 2.05) is 39.0 Å². The van der Waals surface area contributed by atoms with Gasteiger partial charge in [-0.3, -0.25) is 14.4 Å². The lowest BCUT2D eigenvalue weighted by Crippen LogP contribution is -2.59. The van der Waals surface area contributed by atoms with Crippen LogP contribution in [0.5, 0.6) is 0 Å². The number of methoxy groups -OCH3 is 1. The van der Waals surface area contributed by atoms with Crippen molar-refractivity contribution in [3.63, 3.8) is 0 Å². The van der Waals surface area contributed by atoms with Gasteiger partial charge in [-0.1, -0.05) is 52.8 Å². The first-order chi connectivity index (χ1) is 17.3. The van der Waals surface area contributed by atoms with Gasteiger partial charge < -0.3 is 25.6 Å². The van der Waals surface area contributed by atoms with Crippen molar-refractivity contribution in [1.82, 2.24) is 15.5 Å². The number of hydrogen-bond donors (Lipinski definition) is 3. The Labute approximate surface area is 217 Å². The molecule has 2 fully saturated rings. The number of alkyl carbamates (subject to hydrolysis) is 1. The van der Waals surface area contributed by atoms with Crippen LogP contribution < -0.4 is 16.0 Å². The first-order valence-electron chi connectivity index (χ1n) is 12.6. The topological polar surface area (TPSA) is 141 Å². The molecule has 10 heteroatoms. The highest BCUT2D eigenvalue weighted by Crippen LogP contribution is 2.65. The second kappa shape index (κ2) is 9.36. The van der Waals surface area contributed by atoms with Crippen LogP contribution in [0.1, 0.15) is 52.5 Å². The number of anilines is 1. The molecule has 0 bridgehead atoms. The summed E-state index contributed by atoms with van der Waals surface area (Å²) in [6.07, 6.45) is -0.601. The number of likely N-dealkylation sites (tertiary alicyclic amines) is 1. The average molecular weight is 510 g/mol. The standard InChI is InChI=1S/C27H35N5O5/c1-26(2,3)21(31-25(36)37-6)24(35)32-13-17-19(27(17,4)5)20(32)23(34)29-14(12-28)11-16-15-9-7-8-10-18(15)30-22(16)33/h7-10,14,16-17,19-21H,11,13H2,1-6H3,(H,29,34)(H,30,33)(H,31,36)/t14-,16?,17?,19+,20?,21+/m0/s1. The Hall–Kier alpha value is -3.61. The van der Waals surface area contributed by atoms with Gasteiger partial charge in [0.15, 0.2) is 0 Å². The number of nitrogens with zero attached hydrogens (tertiary/aromatic N) is 2. The molecule has 1 aromatic rings. The summed E-state index contributed by atoms with van der Waals surface area (Å²) in [6, 6.07) is 6.82. The Bertz CT molecular complexity index is 1170. The number of rotatable bonds is 6. The minimum atomic E-state index is -0.918. The lowest BCUT2D eigenvalue weighted by Gasteiger charge is -2.37. The van der Waals surface area contributed by atoms with E-state index in [1.54, 1.807) is 6.07 Å². The van der Waals surface area contributed by atoms with Crippen molar-refractivity contribution in [2.45, 2.75) is 65.1 Å². The zero-order chi connectivity index (χ0) is 27.3. The molecule has 1 aromatic carbocycles. The van der Waals surface area contributed by atoms with Gasteiger partial charge in [-0.15, -0.1) is 0 Å². The highest BCUT2D eigenvalue weighted by Gasteiger charge is 2.69. The maximum absolute atomic E-state index is 13.7. The summed E-state index contributed by atoms with van der Waals surface area (Å²) in [4.78, 5) is 53.4. The fourth-order valence-corrected chi connectivity index (χ4v) is 5.95. The number of piperidine rings is 1. The maximum atomic E-state index is 13.7. The lowest BCUT2D eigenvalue weighted by molar-refractivity contribution is -0.144. The zero-order valence-corrected chi connectivity index (χ0v) is 22.1. The lowest BCUT2D eigenvalue weighted by atomic mass is 9.85. The minimum absolute atomic E-state index is 0.0648. The molecule has 3 unspecified atom stereocenters. The molecule has 0 spiro atoms. The zero-order valence-electron chi connectivity index (χ0n) is 22.1. The van der Waals surface area contributed by atoms with Crippen LogP contribution in [0, 0.1) is 34.0 Å². The molecule has 3 aliphatic rings. The number of carbonyl (C=O) groups is 4. The molecule has 0 aromatic heterocycles. The number of fused-ring (bicyclic) bond motifs is 2. The number of nitriles is 1. The van der Waals surface area contributed by atoms with Crippen molar-refractivity contribution in [3.05, 3.63) is 29.8 Å². The number of hydrogen-bond acceptors (Lipinski definition) is 6. The van der Waals surface area contributed by atoms with E-state index in [-0.39, 0.29) is 35.5 Å². The third-order valence-corrected chi connectivity index (χ3v) is 8.18. The number of benzene rings is 1. The fraction of sp³-hybridized carbons (Fsp3) is 0.593. The highest BCUT2D eigenvalue weighted by atomic mass is 16.5. The van der Waals surface area contributed by atoms with E-state index in [4.69, 9.17) is 4.74 Å². The summed E-state index contributed by atoms with van der Waals surface area (Å²) in [6.45, 7) is 10.0. The predicted molar refractivity (Wildman–Crippen MR) is 135 cm³/mol. The van der Waals surface area contributed by atoms with E-state index >= 15 is 0 Å². The summed E-state index contributed by atoms with van der Waals surface area (Å²) in [5, 5.41) is 18.1. The molecule has 3 N–H and O–H groups in total. The van der Waals surface area contributed by atoms with Crippen LogP contribution in [0.4, 0.5) is 10.5 Å². The van der Waals surface area contributed by atoms with Gasteiger partial charge in [-0.25, -0.2) is 4.79 Å². The van der Waals surface area contributed by atoms with Crippen LogP contribution in [-0.4, -0.2) is 60.5 Å². The predicted octanol–water partition coefficient (Wildman–Crippen LogP) is 2.37. The summed E-state index contributed by atoms with van der Waals surface area (Å²) in [7, 11) is 1.23. The number of amides is 4. The molecule has 37 heavy (non-hydrogen) atoms. The molecular weight excluding hydrogens is 474 g/mol. The first-order valence-corrected chi connectivity index (χ1v) is 12.6. The van der Waals surface area contributed by atoms with Gasteiger partial charge in [-0.2, -0.15) is 5.26 Å². The van der Waals surface area contributed by atoms with Crippen LogP contribution in [0.25, 0.3) is 0 Å². The normalized spacial score (nSPS) is 26.6. The van der Waals surface area contributed by atoms with Gasteiger partial charge >= 0.3 is 6.09 Å². The molecule has 4 rings (SSSR count). The van der Waals surface area contributed by atoms with E-state index in [1.165, 1.54) is 12.0 Å². The summed E-state index contributed by atoms with van der Waals surface area (Å²) in [5.41, 5.74) is 0.748. The molecule has 1 saturated heterocycles. The van der Waals surface area contributed by atoms with E-state index in [0.29, 0.717) is 12.2 Å². The Morgan fingerprint density at radius 2 is 1.92 bits per heavy atom. The average Bonchev–Trinajstić information content (AvgIpc) is 3.15. The monoisotopic (exact) mass is 509 g/mol. The van der Waals surface area contributed by atoms with E-state index < -0.39 is 41.5 Å². The third kappa shape index (κ3) is 4.75. The fourth-order valence-electron chi connectivity index (χ4n) is 5.95. The Morgan fingerprint density at radius 3 is 2.54 bits per heavy atom. The molecule has 1 aliphatic carbocycles. The summed E-state index contributed by atoms with van der Waals surface area (Å²) >= 11 is 0. The first kappa shape index (κ1) is 26.5. The van der Waals surface area contributed by atoms with Crippen LogP contribution in [-0.2, 0) is 19.1 Å². The van der Waals surface area contributed by atoms with Gasteiger partial charge in [0.2, 0.25) is 17.7 Å². The Kier molecular flexibility index (Phi) is 6.69. The molecule has 0 radical (unpaired) electrons. The molecule has 2 aliphatic heterocycles. The maximum Gasteiger partial charge on any atom is 0.407 e. The number of ether oxygens (including phenoxy) is 1. The highest BCUT2D eigenvalue weighted by molar-refractivity contribution is 6.03. The van der Waals surface area contributed by atoms with Gasteiger partial charge in [0, 0.05) is 12.2 Å². The van der Waals surface area contributed by atoms with Crippen LogP contribution >= 0.6 is 0 Å². The van der Waals surface area contributed by atoms with Crippen molar-refractivity contribution in [2.75, 3.05) is 19.0 Å². The van der Waals surface area contributed by atoms with Crippen molar-refractivity contribution in [1.29, 1.82) is 5.26 Å². The summed E-state index contributed by atoms with van der Waals surface area (Å²) in [5.74, 6) is -1.47. The smallest absolute Gasteiger partial charge is 0.407 e. The third-order valence-electron chi connectivity index (χ3n) is 8.18. The van der Waals surface area contributed by atoms with E-state index in [9.17, 15) is 24.4 Å². The molecule has 10 nitrogen and oxygen atoms in total. The van der Waals surface area contributed by atoms with Crippen LogP contribution in [0.2, 0.25) is 0 Å². The van der Waals surface area contributed by atoms with Crippen molar-refractivity contribution >= 4 is 29.5 Å². The van der Waals surface area contributed by atoms with Gasteiger partial charge in [0.25, 0.3) is 0 Å². The Morgan fingerprint density at radius 1 is 1.24 bits per heavy atom. The van der Waals surface area contributed by atoms with Crippen molar-refractivity contribution in [2.24, 2.45) is 22.7 Å². The number of carbonyl (C=O) groups excluding carboxylic acids is 4. The molecule has 1 saturated carbocycles. The largest absolute Gasteiger partial charge is 0.453 e. The van der Waals surface area contributed by atoms with E-state index in [2.05, 4.69) is 35.9 Å². The minimum Gasteiger partial charge on any atom is -0.453 e. The van der Waals surface area contributed by atoms with Gasteiger partial charge in [0.1, 0.15) is 18.1 Å².